The van der Waals surface area contributed by atoms with E-state index in [0.29, 0.717) is 23.9 Å². The van der Waals surface area contributed by atoms with Gasteiger partial charge in [0.15, 0.2) is 10.9 Å². The van der Waals surface area contributed by atoms with E-state index in [1.807, 2.05) is 19.1 Å². The molecule has 0 unspecified atom stereocenters. The number of thioether (sulfide) groups is 1. The number of fused-ring (bicyclic) bond motifs is 1. The number of hydrogen-bond donors (Lipinski definition) is 1. The van der Waals surface area contributed by atoms with Crippen molar-refractivity contribution in [2.24, 2.45) is 0 Å². The van der Waals surface area contributed by atoms with Crippen molar-refractivity contribution in [1.29, 1.82) is 0 Å². The number of imidazole rings is 1. The molecule has 8 heteroatoms. The van der Waals surface area contributed by atoms with Gasteiger partial charge in [0.05, 0.1) is 18.4 Å². The van der Waals surface area contributed by atoms with Crippen LogP contribution >= 0.6 is 11.8 Å². The highest BCUT2D eigenvalue weighted by Gasteiger charge is 2.14. The zero-order valence-corrected chi connectivity index (χ0v) is 12.8. The highest BCUT2D eigenvalue weighted by atomic mass is 32.2. The Morgan fingerprint density at radius 1 is 1.36 bits per heavy atom. The van der Waals surface area contributed by atoms with Crippen LogP contribution < -0.4 is 5.32 Å². The number of aryl methyl sites for hydroxylation is 2. The smallest absolute Gasteiger partial charge is 0.243 e. The van der Waals surface area contributed by atoms with Crippen molar-refractivity contribution in [2.45, 2.75) is 25.2 Å². The van der Waals surface area contributed by atoms with Crippen LogP contribution in [-0.4, -0.2) is 30.5 Å². The molecular weight excluding hydrogens is 300 g/mol. The van der Waals surface area contributed by atoms with Gasteiger partial charge in [0.25, 0.3) is 0 Å². The molecule has 1 aliphatic rings. The zero-order valence-electron chi connectivity index (χ0n) is 12.0. The van der Waals surface area contributed by atoms with Crippen molar-refractivity contribution < 1.29 is 4.42 Å². The Morgan fingerprint density at radius 3 is 3.14 bits per heavy atom. The van der Waals surface area contributed by atoms with Gasteiger partial charge in [0.1, 0.15) is 11.5 Å². The average molecular weight is 314 g/mol. The van der Waals surface area contributed by atoms with Crippen LogP contribution in [0.15, 0.2) is 34.1 Å². The van der Waals surface area contributed by atoms with Crippen LogP contribution in [0.3, 0.4) is 0 Å². The van der Waals surface area contributed by atoms with E-state index < -0.39 is 0 Å². The Morgan fingerprint density at radius 2 is 2.32 bits per heavy atom. The summed E-state index contributed by atoms with van der Waals surface area (Å²) in [5.74, 6) is 3.10. The van der Waals surface area contributed by atoms with Crippen LogP contribution in [0.2, 0.25) is 0 Å². The minimum absolute atomic E-state index is 0.465. The van der Waals surface area contributed by atoms with Gasteiger partial charge in [-0.15, -0.1) is 5.10 Å². The summed E-state index contributed by atoms with van der Waals surface area (Å²) in [5.41, 5.74) is 1.64. The highest BCUT2D eigenvalue weighted by molar-refractivity contribution is 7.99. The first-order valence-corrected chi connectivity index (χ1v) is 7.96. The van der Waals surface area contributed by atoms with Crippen LogP contribution in [0.5, 0.6) is 0 Å². The van der Waals surface area contributed by atoms with Crippen molar-refractivity contribution in [3.8, 4) is 11.5 Å². The van der Waals surface area contributed by atoms with E-state index in [0.717, 1.165) is 28.9 Å². The lowest BCUT2D eigenvalue weighted by Crippen LogP contribution is -2.05. The second-order valence-corrected chi connectivity index (χ2v) is 6.05. The summed E-state index contributed by atoms with van der Waals surface area (Å²) < 4.78 is 7.72. The minimum atomic E-state index is 0.465. The molecule has 0 saturated heterocycles. The number of rotatable bonds is 4. The molecule has 22 heavy (non-hydrogen) atoms. The van der Waals surface area contributed by atoms with Gasteiger partial charge in [-0.3, -0.25) is 0 Å². The summed E-state index contributed by atoms with van der Waals surface area (Å²) in [5, 5.41) is 12.2. The maximum atomic E-state index is 5.55. The van der Waals surface area contributed by atoms with E-state index in [2.05, 4.69) is 36.2 Å². The molecule has 4 heterocycles. The third-order valence-electron chi connectivity index (χ3n) is 3.33. The van der Waals surface area contributed by atoms with Crippen LogP contribution in [0, 0.1) is 6.92 Å². The molecule has 3 aromatic heterocycles. The lowest BCUT2D eigenvalue weighted by Gasteiger charge is -2.03. The number of nitrogens with zero attached hydrogens (tertiary/aromatic N) is 5. The standard InChI is InChI=1S/C14H14N6OS/c1-9-2-3-12(21-9)11-7-16-19-13(18-11)15-6-10-8-20-4-5-22-14(20)17-10/h2-3,7-8H,4-6H2,1H3,(H,15,18,19). The summed E-state index contributed by atoms with van der Waals surface area (Å²) >= 11 is 1.78. The third-order valence-corrected chi connectivity index (χ3v) is 4.30. The van der Waals surface area contributed by atoms with Gasteiger partial charge >= 0.3 is 0 Å². The minimum Gasteiger partial charge on any atom is -0.460 e. The van der Waals surface area contributed by atoms with Gasteiger partial charge in [0.2, 0.25) is 5.95 Å². The Bertz CT molecular complexity index is 790. The summed E-state index contributed by atoms with van der Waals surface area (Å²) in [6.07, 6.45) is 3.65. The summed E-state index contributed by atoms with van der Waals surface area (Å²) in [6, 6.07) is 3.77. The van der Waals surface area contributed by atoms with Crippen LogP contribution in [0.25, 0.3) is 11.5 Å². The number of hydrogen-bond acceptors (Lipinski definition) is 7. The van der Waals surface area contributed by atoms with Crippen LogP contribution in [0.4, 0.5) is 5.95 Å². The first kappa shape index (κ1) is 13.3. The molecule has 0 radical (unpaired) electrons. The van der Waals surface area contributed by atoms with Gasteiger partial charge in [0, 0.05) is 18.5 Å². The molecular formula is C14H14N6OS. The van der Waals surface area contributed by atoms with Crippen molar-refractivity contribution in [3.63, 3.8) is 0 Å². The van der Waals surface area contributed by atoms with Gasteiger partial charge in [-0.2, -0.15) is 5.10 Å². The SMILES string of the molecule is Cc1ccc(-c2cnnc(NCc3cn4c(n3)SCC4)n2)o1. The molecule has 3 aromatic rings. The molecule has 4 rings (SSSR count). The average Bonchev–Trinajstić information content (AvgIpc) is 3.21. The molecule has 0 spiro atoms. The Kier molecular flexibility index (Phi) is 3.30. The predicted molar refractivity (Wildman–Crippen MR) is 82.5 cm³/mol. The number of nitrogens with one attached hydrogen (secondary N) is 1. The zero-order chi connectivity index (χ0) is 14.9. The molecule has 0 saturated carbocycles. The molecule has 0 aliphatic carbocycles. The molecule has 0 aromatic carbocycles. The van der Waals surface area contributed by atoms with E-state index in [1.165, 1.54) is 0 Å². The molecule has 0 bridgehead atoms. The summed E-state index contributed by atoms with van der Waals surface area (Å²) in [4.78, 5) is 8.98. The van der Waals surface area contributed by atoms with Gasteiger partial charge in [-0.25, -0.2) is 9.97 Å². The fourth-order valence-electron chi connectivity index (χ4n) is 2.29. The van der Waals surface area contributed by atoms with Crippen LogP contribution in [0.1, 0.15) is 11.5 Å². The number of aromatic nitrogens is 5. The molecule has 0 atom stereocenters. The Balaban J connectivity index is 1.48. The van der Waals surface area contributed by atoms with E-state index in [4.69, 9.17) is 4.42 Å². The highest BCUT2D eigenvalue weighted by Crippen LogP contribution is 2.24. The van der Waals surface area contributed by atoms with Crippen molar-refractivity contribution in [2.75, 3.05) is 11.1 Å². The molecule has 112 valence electrons. The van der Waals surface area contributed by atoms with E-state index >= 15 is 0 Å². The van der Waals surface area contributed by atoms with Crippen molar-refractivity contribution in [1.82, 2.24) is 24.7 Å². The number of anilines is 1. The van der Waals surface area contributed by atoms with Crippen molar-refractivity contribution in [3.05, 3.63) is 36.0 Å². The molecule has 0 fully saturated rings. The lowest BCUT2D eigenvalue weighted by molar-refractivity contribution is 0.545. The van der Waals surface area contributed by atoms with Gasteiger partial charge in [-0.05, 0) is 19.1 Å². The Labute approximate surface area is 131 Å². The second kappa shape index (κ2) is 5.45. The topological polar surface area (TPSA) is 81.7 Å². The summed E-state index contributed by atoms with van der Waals surface area (Å²) in [6.45, 7) is 3.49. The van der Waals surface area contributed by atoms with Crippen LogP contribution in [-0.2, 0) is 13.1 Å². The first-order valence-electron chi connectivity index (χ1n) is 6.97. The van der Waals surface area contributed by atoms with E-state index in [9.17, 15) is 0 Å². The maximum absolute atomic E-state index is 5.55. The summed E-state index contributed by atoms with van der Waals surface area (Å²) in [7, 11) is 0. The fourth-order valence-corrected chi connectivity index (χ4v) is 3.25. The van der Waals surface area contributed by atoms with Gasteiger partial charge in [-0.1, -0.05) is 11.8 Å². The second-order valence-electron chi connectivity index (χ2n) is 4.99. The first-order chi connectivity index (χ1) is 10.8. The lowest BCUT2D eigenvalue weighted by atomic mass is 10.3. The van der Waals surface area contributed by atoms with Gasteiger partial charge < -0.3 is 14.3 Å². The monoisotopic (exact) mass is 314 g/mol. The van der Waals surface area contributed by atoms with E-state index in [-0.39, 0.29) is 0 Å². The molecule has 1 N–H and O–H groups in total. The largest absolute Gasteiger partial charge is 0.460 e. The predicted octanol–water partition coefficient (Wildman–Crippen LogP) is 2.35. The van der Waals surface area contributed by atoms with Crippen molar-refractivity contribution >= 4 is 17.7 Å². The quantitative estimate of drug-likeness (QED) is 0.791. The van der Waals surface area contributed by atoms with E-state index in [1.54, 1.807) is 18.0 Å². The third kappa shape index (κ3) is 2.57. The number of furan rings is 1. The maximum Gasteiger partial charge on any atom is 0.243 e. The molecule has 1 aliphatic heterocycles. The molecule has 0 amide bonds. The molecule has 7 nitrogen and oxygen atoms in total. The normalized spacial score (nSPS) is 13.3. The fraction of sp³-hybridized carbons (Fsp3) is 0.286. The Hall–Kier alpha value is -2.35.